The maximum absolute atomic E-state index is 11.9. The lowest BCUT2D eigenvalue weighted by molar-refractivity contribution is -0.123. The lowest BCUT2D eigenvalue weighted by Gasteiger charge is -2.33. The second-order valence-corrected chi connectivity index (χ2v) is 5.79. The third kappa shape index (κ3) is 6.92. The Bertz CT molecular complexity index is 258. The summed E-state index contributed by atoms with van der Waals surface area (Å²) in [5, 5.41) is 6.65. The molecule has 1 heterocycles. The van der Waals surface area contributed by atoms with Gasteiger partial charge in [0.2, 0.25) is 5.91 Å². The summed E-state index contributed by atoms with van der Waals surface area (Å²) in [6, 6.07) is 0.867. The highest BCUT2D eigenvalue weighted by Gasteiger charge is 2.21. The van der Waals surface area contributed by atoms with Crippen LogP contribution in [0.3, 0.4) is 0 Å². The quantitative estimate of drug-likeness (QED) is 0.706. The molecular weight excluding hydrogens is 238 g/mol. The number of nitrogens with one attached hydrogen (secondary N) is 2. The molecule has 1 rings (SSSR count). The van der Waals surface area contributed by atoms with Crippen LogP contribution in [0.4, 0.5) is 0 Å². The maximum Gasteiger partial charge on any atom is 0.234 e. The summed E-state index contributed by atoms with van der Waals surface area (Å²) in [5.74, 6) is 0.178. The van der Waals surface area contributed by atoms with Crippen LogP contribution in [0.25, 0.3) is 0 Å². The van der Waals surface area contributed by atoms with Gasteiger partial charge in [0.15, 0.2) is 0 Å². The van der Waals surface area contributed by atoms with E-state index in [1.165, 1.54) is 19.3 Å². The van der Waals surface area contributed by atoms with Crippen LogP contribution < -0.4 is 10.6 Å². The Balaban J connectivity index is 2.25. The van der Waals surface area contributed by atoms with Crippen LogP contribution in [-0.2, 0) is 4.79 Å². The fourth-order valence-corrected chi connectivity index (χ4v) is 2.74. The molecular formula is C15H31N3O. The van der Waals surface area contributed by atoms with Crippen molar-refractivity contribution < 1.29 is 4.79 Å². The molecule has 0 aromatic rings. The molecule has 1 fully saturated rings. The smallest absolute Gasteiger partial charge is 0.234 e. The zero-order chi connectivity index (χ0) is 14.1. The number of piperidine rings is 1. The average Bonchev–Trinajstić information content (AvgIpc) is 2.36. The molecule has 4 heteroatoms. The number of rotatable bonds is 8. The van der Waals surface area contributed by atoms with Gasteiger partial charge in [-0.1, -0.05) is 20.3 Å². The molecule has 112 valence electrons. The topological polar surface area (TPSA) is 44.4 Å². The zero-order valence-corrected chi connectivity index (χ0v) is 12.9. The van der Waals surface area contributed by atoms with Crippen molar-refractivity contribution in [2.45, 2.75) is 65.0 Å². The normalized spacial score (nSPS) is 22.2. The van der Waals surface area contributed by atoms with Gasteiger partial charge in [-0.05, 0) is 45.7 Å². The van der Waals surface area contributed by atoms with E-state index in [0.717, 1.165) is 32.5 Å². The van der Waals surface area contributed by atoms with Gasteiger partial charge in [0.1, 0.15) is 0 Å². The average molecular weight is 269 g/mol. The van der Waals surface area contributed by atoms with Crippen molar-refractivity contribution in [1.82, 2.24) is 15.5 Å². The first-order valence-corrected chi connectivity index (χ1v) is 7.90. The SMILES string of the molecule is CCCNC1CCCN(CC(=O)NC(C)CCC)C1. The molecule has 1 aliphatic heterocycles. The van der Waals surface area contributed by atoms with Gasteiger partial charge in [-0.15, -0.1) is 0 Å². The lowest BCUT2D eigenvalue weighted by Crippen LogP contribution is -2.49. The predicted molar refractivity (Wildman–Crippen MR) is 80.3 cm³/mol. The summed E-state index contributed by atoms with van der Waals surface area (Å²) in [5.41, 5.74) is 0. The summed E-state index contributed by atoms with van der Waals surface area (Å²) >= 11 is 0. The van der Waals surface area contributed by atoms with Crippen LogP contribution in [0.15, 0.2) is 0 Å². The van der Waals surface area contributed by atoms with E-state index >= 15 is 0 Å². The first kappa shape index (κ1) is 16.4. The minimum absolute atomic E-state index is 0.178. The Morgan fingerprint density at radius 2 is 2.16 bits per heavy atom. The van der Waals surface area contributed by atoms with Gasteiger partial charge >= 0.3 is 0 Å². The third-order valence-corrected chi connectivity index (χ3v) is 3.68. The second kappa shape index (κ2) is 9.32. The number of amides is 1. The van der Waals surface area contributed by atoms with E-state index in [0.29, 0.717) is 18.6 Å². The van der Waals surface area contributed by atoms with Gasteiger partial charge in [0.05, 0.1) is 6.54 Å². The number of carbonyl (C=O) groups excluding carboxylic acids is 1. The van der Waals surface area contributed by atoms with Crippen molar-refractivity contribution in [1.29, 1.82) is 0 Å². The second-order valence-electron chi connectivity index (χ2n) is 5.79. The minimum atomic E-state index is 0.178. The lowest BCUT2D eigenvalue weighted by atomic mass is 10.1. The number of hydrogen-bond donors (Lipinski definition) is 2. The first-order chi connectivity index (χ1) is 9.15. The van der Waals surface area contributed by atoms with Crippen LogP contribution in [-0.4, -0.2) is 49.1 Å². The molecule has 0 saturated carbocycles. The fourth-order valence-electron chi connectivity index (χ4n) is 2.74. The van der Waals surface area contributed by atoms with Crippen LogP contribution in [0.1, 0.15) is 52.9 Å². The van der Waals surface area contributed by atoms with E-state index in [1.54, 1.807) is 0 Å². The summed E-state index contributed by atoms with van der Waals surface area (Å²) in [6.07, 6.45) is 5.79. The molecule has 2 atom stereocenters. The van der Waals surface area contributed by atoms with Gasteiger partial charge in [-0.3, -0.25) is 9.69 Å². The van der Waals surface area contributed by atoms with Crippen LogP contribution in [0.5, 0.6) is 0 Å². The standard InChI is InChI=1S/C15H31N3O/c1-4-7-13(3)17-15(19)12-18-10-6-8-14(11-18)16-9-5-2/h13-14,16H,4-12H2,1-3H3,(H,17,19). The van der Waals surface area contributed by atoms with E-state index < -0.39 is 0 Å². The highest BCUT2D eigenvalue weighted by atomic mass is 16.2. The molecule has 2 unspecified atom stereocenters. The predicted octanol–water partition coefficient (Wildman–Crippen LogP) is 1.76. The monoisotopic (exact) mass is 269 g/mol. The van der Waals surface area contributed by atoms with Gasteiger partial charge in [0, 0.05) is 18.6 Å². The van der Waals surface area contributed by atoms with Crippen LogP contribution in [0, 0.1) is 0 Å². The van der Waals surface area contributed by atoms with Crippen LogP contribution in [0.2, 0.25) is 0 Å². The van der Waals surface area contributed by atoms with Gasteiger partial charge in [-0.2, -0.15) is 0 Å². The molecule has 0 bridgehead atoms. The summed E-state index contributed by atoms with van der Waals surface area (Å²) in [7, 11) is 0. The van der Waals surface area contributed by atoms with E-state index in [9.17, 15) is 4.79 Å². The summed E-state index contributed by atoms with van der Waals surface area (Å²) in [6.45, 7) is 10.1. The highest BCUT2D eigenvalue weighted by molar-refractivity contribution is 5.78. The largest absolute Gasteiger partial charge is 0.353 e. The number of carbonyl (C=O) groups is 1. The molecule has 0 radical (unpaired) electrons. The Morgan fingerprint density at radius 1 is 1.37 bits per heavy atom. The molecule has 2 N–H and O–H groups in total. The van der Waals surface area contributed by atoms with Gasteiger partial charge in [-0.25, -0.2) is 0 Å². The Labute approximate surface area is 118 Å². The van der Waals surface area contributed by atoms with Crippen molar-refractivity contribution in [2.75, 3.05) is 26.2 Å². The van der Waals surface area contributed by atoms with Crippen molar-refractivity contribution in [3.05, 3.63) is 0 Å². The van der Waals surface area contributed by atoms with E-state index in [2.05, 4.69) is 36.3 Å². The molecule has 4 nitrogen and oxygen atoms in total. The third-order valence-electron chi connectivity index (χ3n) is 3.68. The van der Waals surface area contributed by atoms with Crippen molar-refractivity contribution in [3.63, 3.8) is 0 Å². The molecule has 0 aromatic carbocycles. The molecule has 1 aliphatic rings. The van der Waals surface area contributed by atoms with Gasteiger partial charge < -0.3 is 10.6 Å². The highest BCUT2D eigenvalue weighted by Crippen LogP contribution is 2.09. The van der Waals surface area contributed by atoms with Crippen LogP contribution >= 0.6 is 0 Å². The maximum atomic E-state index is 11.9. The molecule has 0 spiro atoms. The van der Waals surface area contributed by atoms with E-state index in [4.69, 9.17) is 0 Å². The van der Waals surface area contributed by atoms with Crippen molar-refractivity contribution in [2.24, 2.45) is 0 Å². The number of nitrogens with zero attached hydrogens (tertiary/aromatic N) is 1. The summed E-state index contributed by atoms with van der Waals surface area (Å²) < 4.78 is 0. The van der Waals surface area contributed by atoms with E-state index in [-0.39, 0.29) is 5.91 Å². The molecule has 1 amide bonds. The molecule has 19 heavy (non-hydrogen) atoms. The number of hydrogen-bond acceptors (Lipinski definition) is 3. The van der Waals surface area contributed by atoms with Gasteiger partial charge in [0.25, 0.3) is 0 Å². The number of likely N-dealkylation sites (tertiary alicyclic amines) is 1. The van der Waals surface area contributed by atoms with E-state index in [1.807, 2.05) is 0 Å². The Morgan fingerprint density at radius 3 is 2.84 bits per heavy atom. The first-order valence-electron chi connectivity index (χ1n) is 7.90. The Hall–Kier alpha value is -0.610. The Kier molecular flexibility index (Phi) is 8.07. The molecule has 0 aliphatic carbocycles. The fraction of sp³-hybridized carbons (Fsp3) is 0.933. The molecule has 1 saturated heterocycles. The zero-order valence-electron chi connectivity index (χ0n) is 12.9. The summed E-state index contributed by atoms with van der Waals surface area (Å²) in [4.78, 5) is 14.2. The van der Waals surface area contributed by atoms with Crippen molar-refractivity contribution >= 4 is 5.91 Å². The van der Waals surface area contributed by atoms with Crippen molar-refractivity contribution in [3.8, 4) is 0 Å². The minimum Gasteiger partial charge on any atom is -0.353 e. The molecule has 0 aromatic heterocycles.